The smallest absolute Gasteiger partial charge is 0.185 e. The molecule has 1 heterocycles. The minimum Gasteiger partial charge on any atom is -0.508 e. The SMILES string of the molecule is Cc1cc(C)cc(OCc2ccc(/C=C/C(=O)c3ccc(O)cc3)o2)c1. The molecule has 0 radical (unpaired) electrons. The molecule has 1 N–H and O–H groups in total. The summed E-state index contributed by atoms with van der Waals surface area (Å²) in [6, 6.07) is 15.8. The number of carbonyl (C=O) groups is 1. The van der Waals surface area contributed by atoms with Crippen LogP contribution < -0.4 is 4.74 Å². The van der Waals surface area contributed by atoms with Gasteiger partial charge in [0.05, 0.1) is 0 Å². The number of ether oxygens (including phenoxy) is 1. The molecule has 0 saturated carbocycles. The number of carbonyl (C=O) groups excluding carboxylic acids is 1. The van der Waals surface area contributed by atoms with Crippen LogP contribution in [-0.2, 0) is 6.61 Å². The van der Waals surface area contributed by atoms with E-state index in [-0.39, 0.29) is 11.5 Å². The molecule has 0 unspecified atom stereocenters. The van der Waals surface area contributed by atoms with E-state index in [2.05, 4.69) is 6.07 Å². The second kappa shape index (κ2) is 7.74. The molecule has 4 nitrogen and oxygen atoms in total. The van der Waals surface area contributed by atoms with Crippen molar-refractivity contribution in [2.45, 2.75) is 20.5 Å². The summed E-state index contributed by atoms with van der Waals surface area (Å²) in [6.45, 7) is 4.38. The number of benzene rings is 2. The first kappa shape index (κ1) is 17.5. The fraction of sp³-hybridized carbons (Fsp3) is 0.136. The molecule has 0 atom stereocenters. The lowest BCUT2D eigenvalue weighted by Crippen LogP contribution is -1.94. The molecule has 0 fully saturated rings. The van der Waals surface area contributed by atoms with Gasteiger partial charge in [0, 0.05) is 5.56 Å². The van der Waals surface area contributed by atoms with Gasteiger partial charge in [-0.25, -0.2) is 0 Å². The van der Waals surface area contributed by atoms with Crippen LogP contribution in [0.1, 0.15) is 33.0 Å². The average molecular weight is 348 g/mol. The molecule has 0 amide bonds. The first-order valence-corrected chi connectivity index (χ1v) is 8.31. The molecule has 1 aromatic heterocycles. The van der Waals surface area contributed by atoms with Crippen molar-refractivity contribution < 1.29 is 19.1 Å². The molecule has 0 aliphatic heterocycles. The topological polar surface area (TPSA) is 59.7 Å². The van der Waals surface area contributed by atoms with Crippen LogP contribution in [0.4, 0.5) is 0 Å². The Labute approximate surface area is 152 Å². The number of hydrogen-bond donors (Lipinski definition) is 1. The third-order valence-corrected chi connectivity index (χ3v) is 3.81. The number of rotatable bonds is 6. The van der Waals surface area contributed by atoms with E-state index in [1.54, 1.807) is 24.3 Å². The lowest BCUT2D eigenvalue weighted by Gasteiger charge is -2.06. The van der Waals surface area contributed by atoms with Gasteiger partial charge in [0.2, 0.25) is 0 Å². The van der Waals surface area contributed by atoms with Crippen LogP contribution in [0.15, 0.2) is 65.1 Å². The fourth-order valence-corrected chi connectivity index (χ4v) is 2.61. The molecule has 3 aromatic rings. The lowest BCUT2D eigenvalue weighted by molar-refractivity contribution is 0.104. The molecule has 0 saturated heterocycles. The highest BCUT2D eigenvalue weighted by Gasteiger charge is 2.05. The Bertz CT molecular complexity index is 913. The maximum absolute atomic E-state index is 12.1. The van der Waals surface area contributed by atoms with Crippen molar-refractivity contribution in [1.29, 1.82) is 0 Å². The van der Waals surface area contributed by atoms with Gasteiger partial charge in [0.1, 0.15) is 29.6 Å². The molecule has 4 heteroatoms. The van der Waals surface area contributed by atoms with Crippen LogP contribution in [0.5, 0.6) is 11.5 Å². The Morgan fingerprint density at radius 3 is 2.42 bits per heavy atom. The van der Waals surface area contributed by atoms with Crippen LogP contribution in [0.25, 0.3) is 6.08 Å². The number of furan rings is 1. The van der Waals surface area contributed by atoms with E-state index < -0.39 is 0 Å². The first-order valence-electron chi connectivity index (χ1n) is 8.31. The Morgan fingerprint density at radius 2 is 1.73 bits per heavy atom. The second-order valence-corrected chi connectivity index (χ2v) is 6.16. The number of phenols is 1. The standard InChI is InChI=1S/C22H20O4/c1-15-11-16(2)13-21(12-15)25-14-20-8-7-19(26-20)9-10-22(24)17-3-5-18(23)6-4-17/h3-13,23H,14H2,1-2H3/b10-9+. The van der Waals surface area contributed by atoms with E-state index in [9.17, 15) is 9.90 Å². The van der Waals surface area contributed by atoms with Gasteiger partial charge < -0.3 is 14.3 Å². The zero-order valence-corrected chi connectivity index (χ0v) is 14.7. The van der Waals surface area contributed by atoms with Gasteiger partial charge in [0.25, 0.3) is 0 Å². The van der Waals surface area contributed by atoms with Crippen molar-refractivity contribution >= 4 is 11.9 Å². The van der Waals surface area contributed by atoms with Crippen molar-refractivity contribution in [2.24, 2.45) is 0 Å². The van der Waals surface area contributed by atoms with E-state index in [1.165, 1.54) is 18.2 Å². The predicted octanol–water partition coefficient (Wildman–Crippen LogP) is 5.08. The molecule has 0 bridgehead atoms. The van der Waals surface area contributed by atoms with Gasteiger partial charge >= 0.3 is 0 Å². The van der Waals surface area contributed by atoms with Crippen LogP contribution in [-0.4, -0.2) is 10.9 Å². The van der Waals surface area contributed by atoms with Crippen molar-refractivity contribution in [2.75, 3.05) is 0 Å². The summed E-state index contributed by atoms with van der Waals surface area (Å²) in [5.74, 6) is 2.04. The highest BCUT2D eigenvalue weighted by molar-refractivity contribution is 6.06. The van der Waals surface area contributed by atoms with Gasteiger partial charge in [-0.15, -0.1) is 0 Å². The molecule has 3 rings (SSSR count). The largest absolute Gasteiger partial charge is 0.508 e. The van der Waals surface area contributed by atoms with Crippen molar-refractivity contribution in [3.63, 3.8) is 0 Å². The minimum atomic E-state index is -0.158. The van der Waals surface area contributed by atoms with Crippen molar-refractivity contribution in [1.82, 2.24) is 0 Å². The molecular weight excluding hydrogens is 328 g/mol. The third-order valence-electron chi connectivity index (χ3n) is 3.81. The van der Waals surface area contributed by atoms with Gasteiger partial charge in [0.15, 0.2) is 5.78 Å². The first-order chi connectivity index (χ1) is 12.5. The van der Waals surface area contributed by atoms with Crippen LogP contribution >= 0.6 is 0 Å². The van der Waals surface area contributed by atoms with E-state index in [0.717, 1.165) is 16.9 Å². The molecular formula is C22H20O4. The number of aromatic hydroxyl groups is 1. The van der Waals surface area contributed by atoms with Gasteiger partial charge in [-0.05, 0) is 85.7 Å². The molecule has 0 spiro atoms. The fourth-order valence-electron chi connectivity index (χ4n) is 2.61. The maximum atomic E-state index is 12.1. The predicted molar refractivity (Wildman–Crippen MR) is 100 cm³/mol. The second-order valence-electron chi connectivity index (χ2n) is 6.16. The summed E-state index contributed by atoms with van der Waals surface area (Å²) in [4.78, 5) is 12.1. The molecule has 132 valence electrons. The monoisotopic (exact) mass is 348 g/mol. The number of ketones is 1. The number of aryl methyl sites for hydroxylation is 2. The van der Waals surface area contributed by atoms with Crippen LogP contribution in [0.3, 0.4) is 0 Å². The maximum Gasteiger partial charge on any atom is 0.185 e. The zero-order valence-electron chi connectivity index (χ0n) is 14.7. The molecule has 0 aliphatic carbocycles. The molecule has 26 heavy (non-hydrogen) atoms. The highest BCUT2D eigenvalue weighted by atomic mass is 16.5. The number of phenolic OH excluding ortho intramolecular Hbond substituents is 1. The Hall–Kier alpha value is -3.27. The molecule has 2 aromatic carbocycles. The summed E-state index contributed by atoms with van der Waals surface area (Å²) in [7, 11) is 0. The van der Waals surface area contributed by atoms with Crippen LogP contribution in [0, 0.1) is 13.8 Å². The lowest BCUT2D eigenvalue weighted by atomic mass is 10.1. The highest BCUT2D eigenvalue weighted by Crippen LogP contribution is 2.19. The van der Waals surface area contributed by atoms with Crippen molar-refractivity contribution in [3.8, 4) is 11.5 Å². The van der Waals surface area contributed by atoms with Gasteiger partial charge in [-0.1, -0.05) is 6.07 Å². The van der Waals surface area contributed by atoms with Gasteiger partial charge in [-0.2, -0.15) is 0 Å². The molecule has 0 aliphatic rings. The summed E-state index contributed by atoms with van der Waals surface area (Å²) in [5.41, 5.74) is 2.80. The van der Waals surface area contributed by atoms with E-state index in [0.29, 0.717) is 23.7 Å². The normalized spacial score (nSPS) is 11.0. The Morgan fingerprint density at radius 1 is 1.04 bits per heavy atom. The van der Waals surface area contributed by atoms with Crippen LogP contribution in [0.2, 0.25) is 0 Å². The summed E-state index contributed by atoms with van der Waals surface area (Å²) < 4.78 is 11.4. The minimum absolute atomic E-state index is 0.130. The van der Waals surface area contributed by atoms with E-state index >= 15 is 0 Å². The van der Waals surface area contributed by atoms with E-state index in [4.69, 9.17) is 9.15 Å². The zero-order chi connectivity index (χ0) is 18.5. The Balaban J connectivity index is 1.60. The summed E-state index contributed by atoms with van der Waals surface area (Å²) in [5, 5.41) is 9.26. The number of hydrogen-bond acceptors (Lipinski definition) is 4. The quantitative estimate of drug-likeness (QED) is 0.499. The number of allylic oxidation sites excluding steroid dienone is 1. The van der Waals surface area contributed by atoms with Crippen molar-refractivity contribution in [3.05, 3.63) is 88.9 Å². The summed E-state index contributed by atoms with van der Waals surface area (Å²) in [6.07, 6.45) is 3.06. The van der Waals surface area contributed by atoms with E-state index in [1.807, 2.05) is 32.0 Å². The Kier molecular flexibility index (Phi) is 5.23. The average Bonchev–Trinajstić information content (AvgIpc) is 3.06. The van der Waals surface area contributed by atoms with Gasteiger partial charge in [-0.3, -0.25) is 4.79 Å². The summed E-state index contributed by atoms with van der Waals surface area (Å²) >= 11 is 0. The third kappa shape index (κ3) is 4.63.